The molecule has 3 aliphatic heterocycles. The van der Waals surface area contributed by atoms with Crippen LogP contribution in [0.2, 0.25) is 0 Å². The Kier molecular flexibility index (Phi) is 3.44. The van der Waals surface area contributed by atoms with Gasteiger partial charge in [0, 0.05) is 36.9 Å². The van der Waals surface area contributed by atoms with E-state index in [9.17, 15) is 15.0 Å². The Balaban J connectivity index is 1.66. The minimum Gasteiger partial charge on any atom is -0.462 e. The largest absolute Gasteiger partial charge is 0.462 e. The minimum absolute atomic E-state index is 0.0123. The van der Waals surface area contributed by atoms with Gasteiger partial charge in [0.05, 0.1) is 23.7 Å². The van der Waals surface area contributed by atoms with E-state index < -0.39 is 17.6 Å². The molecular weight excluding hydrogens is 358 g/mol. The number of carbonyl (C=O) groups is 1. The molecule has 0 aromatic carbocycles. The van der Waals surface area contributed by atoms with Gasteiger partial charge in [-0.1, -0.05) is 13.8 Å². The highest BCUT2D eigenvalue weighted by Crippen LogP contribution is 2.77. The van der Waals surface area contributed by atoms with Crippen molar-refractivity contribution in [1.29, 1.82) is 0 Å². The van der Waals surface area contributed by atoms with E-state index in [1.165, 1.54) is 0 Å². The first-order chi connectivity index (χ1) is 13.3. The average Bonchev–Trinajstić information content (AvgIpc) is 2.73. The fraction of sp³-hybridized carbons (Fsp3) is 0.955. The lowest BCUT2D eigenvalue weighted by molar-refractivity contribution is -0.269. The lowest BCUT2D eigenvalue weighted by atomic mass is 9.42. The number of rotatable bonds is 2. The molecule has 2 N–H and O–H groups in total. The summed E-state index contributed by atoms with van der Waals surface area (Å²) >= 11 is 0. The monoisotopic (exact) mass is 391 g/mol. The van der Waals surface area contributed by atoms with Gasteiger partial charge in [-0.25, -0.2) is 0 Å². The predicted molar refractivity (Wildman–Crippen MR) is 100 cm³/mol. The van der Waals surface area contributed by atoms with Crippen LogP contribution >= 0.6 is 0 Å². The number of aliphatic hydroxyl groups excluding tert-OH is 1. The zero-order chi connectivity index (χ0) is 19.6. The van der Waals surface area contributed by atoms with Gasteiger partial charge in [0.1, 0.15) is 6.10 Å². The molecule has 9 bridgehead atoms. The molecule has 1 spiro atoms. The highest BCUT2D eigenvalue weighted by atomic mass is 16.5. The second-order valence-corrected chi connectivity index (χ2v) is 10.8. The molecule has 6 nitrogen and oxygen atoms in total. The zero-order valence-electron chi connectivity index (χ0n) is 17.1. The molecule has 7 rings (SSSR count). The van der Waals surface area contributed by atoms with E-state index in [1.54, 1.807) is 7.11 Å². The first-order valence-electron chi connectivity index (χ1n) is 11.2. The number of fused-ring (bicyclic) bond motifs is 2. The summed E-state index contributed by atoms with van der Waals surface area (Å²) in [5.74, 6) is -0.969. The zero-order valence-corrected chi connectivity index (χ0v) is 17.1. The number of ether oxygens (including phenoxy) is 2. The Bertz CT molecular complexity index is 730. The Morgan fingerprint density at radius 2 is 2.11 bits per heavy atom. The molecule has 3 saturated heterocycles. The van der Waals surface area contributed by atoms with Crippen molar-refractivity contribution in [2.75, 3.05) is 20.2 Å². The number of hydrogen-bond acceptors (Lipinski definition) is 6. The van der Waals surface area contributed by atoms with E-state index in [-0.39, 0.29) is 52.8 Å². The second kappa shape index (κ2) is 5.32. The van der Waals surface area contributed by atoms with E-state index in [4.69, 9.17) is 9.47 Å². The number of piperidine rings is 1. The van der Waals surface area contributed by atoms with Crippen LogP contribution in [0.1, 0.15) is 46.0 Å². The summed E-state index contributed by atoms with van der Waals surface area (Å²) in [5.41, 5.74) is -1.46. The minimum atomic E-state index is -1.17. The average molecular weight is 392 g/mol. The van der Waals surface area contributed by atoms with Crippen molar-refractivity contribution < 1.29 is 24.5 Å². The quantitative estimate of drug-likeness (QED) is 0.689. The van der Waals surface area contributed by atoms with Crippen LogP contribution in [0.15, 0.2) is 0 Å². The molecule has 0 aromatic heterocycles. The van der Waals surface area contributed by atoms with Gasteiger partial charge in [0.2, 0.25) is 0 Å². The van der Waals surface area contributed by atoms with Crippen molar-refractivity contribution in [3.63, 3.8) is 0 Å². The molecule has 11 atom stereocenters. The molecule has 156 valence electrons. The van der Waals surface area contributed by atoms with Crippen LogP contribution < -0.4 is 0 Å². The normalized spacial score (nSPS) is 61.8. The fourth-order valence-electron chi connectivity index (χ4n) is 9.64. The number of hydrogen-bond donors (Lipinski definition) is 2. The van der Waals surface area contributed by atoms with Gasteiger partial charge in [-0.05, 0) is 50.0 Å². The molecule has 7 aliphatic rings. The summed E-state index contributed by atoms with van der Waals surface area (Å²) in [4.78, 5) is 15.6. The Labute approximate surface area is 166 Å². The van der Waals surface area contributed by atoms with E-state index in [0.717, 1.165) is 32.4 Å². The van der Waals surface area contributed by atoms with Gasteiger partial charge >= 0.3 is 5.97 Å². The Morgan fingerprint density at radius 1 is 1.32 bits per heavy atom. The number of carbonyl (C=O) groups excluding carboxylic acids is 1. The topological polar surface area (TPSA) is 79.2 Å². The molecule has 28 heavy (non-hydrogen) atoms. The fourth-order valence-corrected chi connectivity index (χ4v) is 9.64. The van der Waals surface area contributed by atoms with E-state index in [0.29, 0.717) is 12.8 Å². The third-order valence-corrected chi connectivity index (χ3v) is 10.1. The summed E-state index contributed by atoms with van der Waals surface area (Å²) in [6, 6.07) is 0.0757. The van der Waals surface area contributed by atoms with Crippen molar-refractivity contribution in [3.8, 4) is 0 Å². The van der Waals surface area contributed by atoms with Crippen LogP contribution in [0.25, 0.3) is 0 Å². The number of nitrogens with zero attached hydrogens (tertiary/aromatic N) is 1. The van der Waals surface area contributed by atoms with Gasteiger partial charge in [-0.15, -0.1) is 0 Å². The summed E-state index contributed by atoms with van der Waals surface area (Å²) in [6.45, 7) is 6.38. The highest BCUT2D eigenvalue weighted by molar-refractivity contribution is 5.77. The van der Waals surface area contributed by atoms with Crippen LogP contribution in [0, 0.1) is 34.5 Å². The smallest absolute Gasteiger partial charge is 0.312 e. The van der Waals surface area contributed by atoms with Crippen LogP contribution in [-0.2, 0) is 14.3 Å². The van der Waals surface area contributed by atoms with E-state index in [1.807, 2.05) is 0 Å². The molecular formula is C22H33NO5. The molecule has 4 unspecified atom stereocenters. The number of methoxy groups -OCH3 is 1. The van der Waals surface area contributed by atoms with Crippen molar-refractivity contribution in [2.24, 2.45) is 34.5 Å². The summed E-state index contributed by atoms with van der Waals surface area (Å²) < 4.78 is 11.9. The molecule has 0 amide bonds. The molecule has 3 heterocycles. The standard InChI is InChI=1S/C22H33NO5/c1-4-23-10-20(2)7-6-13(27-3)22-12-9-11-5-8-21(26,14(12)19(25)28-11)15(18(22)23)16(24)17(20)22/h11-18,24,26H,4-10H2,1-3H3/t11-,12+,13-,14+,15?,16+,17?,18?,20-,21+,22?/m0/s1. The van der Waals surface area contributed by atoms with E-state index >= 15 is 0 Å². The van der Waals surface area contributed by atoms with Crippen molar-refractivity contribution in [1.82, 2.24) is 4.90 Å². The summed E-state index contributed by atoms with van der Waals surface area (Å²) in [6.07, 6.45) is 3.38. The maximum atomic E-state index is 13.1. The second-order valence-electron chi connectivity index (χ2n) is 10.8. The molecule has 0 radical (unpaired) electrons. The number of aliphatic hydroxyl groups is 2. The lowest BCUT2D eigenvalue weighted by Gasteiger charge is -2.69. The van der Waals surface area contributed by atoms with Crippen molar-refractivity contribution in [2.45, 2.75) is 75.9 Å². The third kappa shape index (κ3) is 1.68. The van der Waals surface area contributed by atoms with Gasteiger partial charge in [0.15, 0.2) is 0 Å². The maximum Gasteiger partial charge on any atom is 0.312 e. The Hall–Kier alpha value is -0.690. The van der Waals surface area contributed by atoms with Gasteiger partial charge in [-0.3, -0.25) is 9.69 Å². The summed E-state index contributed by atoms with van der Waals surface area (Å²) in [5, 5.41) is 23.9. The molecule has 7 fully saturated rings. The maximum absolute atomic E-state index is 13.1. The lowest BCUT2D eigenvalue weighted by Crippen LogP contribution is -2.76. The molecule has 0 aromatic rings. The van der Waals surface area contributed by atoms with Crippen LogP contribution in [0.4, 0.5) is 0 Å². The van der Waals surface area contributed by atoms with Crippen molar-refractivity contribution >= 4 is 5.97 Å². The molecule has 4 saturated carbocycles. The third-order valence-electron chi connectivity index (χ3n) is 10.1. The van der Waals surface area contributed by atoms with Crippen molar-refractivity contribution in [3.05, 3.63) is 0 Å². The SMILES string of the molecule is CCN1C[C@]2(C)CC[C@H](OC)C34C1C([C@@H](O)C32)[C@@]1(O)CC[C@H]2C[C@@H]4[C@@H]1C(=O)O2. The van der Waals surface area contributed by atoms with Gasteiger partial charge in [-0.2, -0.15) is 0 Å². The first-order valence-corrected chi connectivity index (χ1v) is 11.2. The van der Waals surface area contributed by atoms with Crippen LogP contribution in [0.5, 0.6) is 0 Å². The van der Waals surface area contributed by atoms with E-state index in [2.05, 4.69) is 18.7 Å². The number of likely N-dealkylation sites (tertiary alicyclic amines) is 1. The first kappa shape index (κ1) is 18.1. The predicted octanol–water partition coefficient (Wildman–Crippen LogP) is 1.19. The number of esters is 1. The molecule has 4 aliphatic carbocycles. The highest BCUT2D eigenvalue weighted by Gasteiger charge is 2.84. The van der Waals surface area contributed by atoms with Crippen LogP contribution in [0.3, 0.4) is 0 Å². The van der Waals surface area contributed by atoms with Gasteiger partial charge in [0.25, 0.3) is 0 Å². The molecule has 6 heteroatoms. The van der Waals surface area contributed by atoms with Crippen LogP contribution in [-0.4, -0.2) is 71.2 Å². The van der Waals surface area contributed by atoms with Gasteiger partial charge < -0.3 is 19.7 Å². The summed E-state index contributed by atoms with van der Waals surface area (Å²) in [7, 11) is 1.79. The Morgan fingerprint density at radius 3 is 2.82 bits per heavy atom.